The number of imidazole rings is 1. The Morgan fingerprint density at radius 1 is 1.00 bits per heavy atom. The lowest BCUT2D eigenvalue weighted by molar-refractivity contribution is -0.652. The average Bonchev–Trinajstić information content (AvgIpc) is 2.64. The van der Waals surface area contributed by atoms with Gasteiger partial charge in [0.15, 0.2) is 11.0 Å². The highest BCUT2D eigenvalue weighted by Crippen LogP contribution is 2.26. The number of para-hydroxylation sites is 2. The molecule has 2 nitrogen and oxygen atoms in total. The molecule has 0 amide bonds. The van der Waals surface area contributed by atoms with Crippen molar-refractivity contribution in [1.29, 1.82) is 0 Å². The Morgan fingerprint density at radius 2 is 1.60 bits per heavy atom. The summed E-state index contributed by atoms with van der Waals surface area (Å²) >= 11 is 0. The molecule has 0 unspecified atom stereocenters. The third kappa shape index (κ3) is 1.73. The minimum atomic E-state index is -0.178. The first-order chi connectivity index (χ1) is 9.50. The van der Waals surface area contributed by atoms with E-state index in [1.54, 1.807) is 12.1 Å². The maximum atomic E-state index is 13.5. The predicted molar refractivity (Wildman–Crippen MR) is 78.6 cm³/mol. The van der Waals surface area contributed by atoms with Crippen LogP contribution in [-0.2, 0) is 7.05 Å². The van der Waals surface area contributed by atoms with Crippen molar-refractivity contribution in [3.05, 3.63) is 59.2 Å². The number of aryl methyl sites for hydroxylation is 3. The maximum Gasteiger partial charge on any atom is 0.259 e. The van der Waals surface area contributed by atoms with Gasteiger partial charge in [0.25, 0.3) is 5.82 Å². The zero-order valence-corrected chi connectivity index (χ0v) is 12.2. The molecule has 1 aromatic heterocycles. The Labute approximate surface area is 118 Å². The molecule has 0 atom stereocenters. The summed E-state index contributed by atoms with van der Waals surface area (Å²) in [6.45, 7) is 6.00. The van der Waals surface area contributed by atoms with Crippen LogP contribution in [0.3, 0.4) is 0 Å². The van der Waals surface area contributed by atoms with Crippen LogP contribution in [0.4, 0.5) is 4.39 Å². The van der Waals surface area contributed by atoms with Gasteiger partial charge in [-0.1, -0.05) is 12.1 Å². The lowest BCUT2D eigenvalue weighted by Gasteiger charge is -2.08. The fourth-order valence-corrected chi connectivity index (χ4v) is 2.97. The summed E-state index contributed by atoms with van der Waals surface area (Å²) in [7, 11) is 2.06. The molecule has 0 radical (unpaired) electrons. The quantitative estimate of drug-likeness (QED) is 0.598. The molecule has 0 saturated heterocycles. The van der Waals surface area contributed by atoms with E-state index in [-0.39, 0.29) is 5.82 Å². The van der Waals surface area contributed by atoms with E-state index in [0.29, 0.717) is 0 Å². The highest BCUT2D eigenvalue weighted by atomic mass is 19.1. The molecule has 0 N–H and O–H groups in total. The van der Waals surface area contributed by atoms with Crippen molar-refractivity contribution in [3.63, 3.8) is 0 Å². The summed E-state index contributed by atoms with van der Waals surface area (Å²) in [5, 5.41) is 0. The summed E-state index contributed by atoms with van der Waals surface area (Å²) in [5.74, 6) is 0.950. The van der Waals surface area contributed by atoms with Gasteiger partial charge in [0, 0.05) is 6.92 Å². The lowest BCUT2D eigenvalue weighted by Crippen LogP contribution is -2.30. The zero-order valence-electron chi connectivity index (χ0n) is 12.2. The fourth-order valence-electron chi connectivity index (χ4n) is 2.97. The molecule has 0 spiro atoms. The van der Waals surface area contributed by atoms with Gasteiger partial charge in [-0.3, -0.25) is 0 Å². The van der Waals surface area contributed by atoms with Crippen LogP contribution >= 0.6 is 0 Å². The predicted octanol–water partition coefficient (Wildman–Crippen LogP) is 3.52. The van der Waals surface area contributed by atoms with Crippen LogP contribution in [-0.4, -0.2) is 4.57 Å². The smallest absolute Gasteiger partial charge is 0.230 e. The Kier molecular flexibility index (Phi) is 2.85. The molecular formula is C17H18FN2+. The lowest BCUT2D eigenvalue weighted by atomic mass is 10.1. The van der Waals surface area contributed by atoms with Crippen LogP contribution in [0.15, 0.2) is 36.4 Å². The Bertz CT molecular complexity index is 792. The van der Waals surface area contributed by atoms with E-state index in [0.717, 1.165) is 28.2 Å². The Balaban J connectivity index is 2.45. The first kappa shape index (κ1) is 12.9. The van der Waals surface area contributed by atoms with Gasteiger partial charge in [-0.15, -0.1) is 0 Å². The number of hydrogen-bond donors (Lipinski definition) is 0. The summed E-state index contributed by atoms with van der Waals surface area (Å²) in [6, 6.07) is 11.5. The molecule has 3 rings (SSSR count). The molecule has 0 aliphatic carbocycles. The molecule has 0 fully saturated rings. The minimum Gasteiger partial charge on any atom is -0.230 e. The number of aromatic nitrogens is 2. The number of rotatable bonds is 1. The molecule has 0 aliphatic rings. The van der Waals surface area contributed by atoms with Gasteiger partial charge in [0.05, 0.1) is 7.05 Å². The van der Waals surface area contributed by atoms with Crippen molar-refractivity contribution in [2.45, 2.75) is 20.8 Å². The van der Waals surface area contributed by atoms with Gasteiger partial charge >= 0.3 is 0 Å². The maximum absolute atomic E-state index is 13.5. The third-order valence-electron chi connectivity index (χ3n) is 3.97. The molecule has 0 bridgehead atoms. The number of hydrogen-bond acceptors (Lipinski definition) is 0. The fraction of sp³-hybridized carbons (Fsp3) is 0.235. The van der Waals surface area contributed by atoms with Crippen molar-refractivity contribution in [3.8, 4) is 5.69 Å². The van der Waals surface area contributed by atoms with E-state index in [1.807, 2.05) is 26.0 Å². The second-order valence-electron chi connectivity index (χ2n) is 5.32. The van der Waals surface area contributed by atoms with Crippen molar-refractivity contribution in [2.24, 2.45) is 7.05 Å². The van der Waals surface area contributed by atoms with Gasteiger partial charge in [0.1, 0.15) is 11.5 Å². The van der Waals surface area contributed by atoms with Crippen LogP contribution < -0.4 is 4.57 Å². The van der Waals surface area contributed by atoms with Crippen molar-refractivity contribution >= 4 is 11.0 Å². The van der Waals surface area contributed by atoms with Gasteiger partial charge in [-0.05, 0) is 49.2 Å². The summed E-state index contributed by atoms with van der Waals surface area (Å²) in [5.41, 5.74) is 5.29. The average molecular weight is 269 g/mol. The van der Waals surface area contributed by atoms with E-state index in [2.05, 4.69) is 35.2 Å². The SMILES string of the molecule is Cc1cc(F)cc(C)c1-n1c(C)[n+](C)c2ccccc21. The van der Waals surface area contributed by atoms with E-state index in [9.17, 15) is 4.39 Å². The van der Waals surface area contributed by atoms with Crippen molar-refractivity contribution in [1.82, 2.24) is 4.57 Å². The second kappa shape index (κ2) is 4.44. The monoisotopic (exact) mass is 269 g/mol. The number of halogens is 1. The van der Waals surface area contributed by atoms with E-state index < -0.39 is 0 Å². The minimum absolute atomic E-state index is 0.178. The molecule has 3 aromatic rings. The summed E-state index contributed by atoms with van der Waals surface area (Å²) in [6.07, 6.45) is 0. The molecule has 3 heteroatoms. The Hall–Kier alpha value is -2.16. The van der Waals surface area contributed by atoms with Crippen LogP contribution in [0.2, 0.25) is 0 Å². The van der Waals surface area contributed by atoms with Gasteiger partial charge in [0.2, 0.25) is 0 Å². The molecule has 0 saturated carbocycles. The van der Waals surface area contributed by atoms with E-state index in [4.69, 9.17) is 0 Å². The van der Waals surface area contributed by atoms with Crippen LogP contribution in [0.1, 0.15) is 17.0 Å². The normalized spacial score (nSPS) is 11.2. The summed E-state index contributed by atoms with van der Waals surface area (Å²) in [4.78, 5) is 0. The number of nitrogens with zero attached hydrogens (tertiary/aromatic N) is 2. The van der Waals surface area contributed by atoms with Crippen molar-refractivity contribution < 1.29 is 8.96 Å². The largest absolute Gasteiger partial charge is 0.259 e. The standard InChI is InChI=1S/C17H18FN2/c1-11-9-14(18)10-12(2)17(11)20-13(3)19(4)15-7-5-6-8-16(15)20/h5-10H,1-4H3/q+1. The first-order valence-corrected chi connectivity index (χ1v) is 6.74. The third-order valence-corrected chi connectivity index (χ3v) is 3.97. The zero-order chi connectivity index (χ0) is 14.4. The van der Waals surface area contributed by atoms with Gasteiger partial charge in [-0.2, -0.15) is 4.57 Å². The van der Waals surface area contributed by atoms with Crippen LogP contribution in [0, 0.1) is 26.6 Å². The highest BCUT2D eigenvalue weighted by Gasteiger charge is 2.23. The Morgan fingerprint density at radius 3 is 2.25 bits per heavy atom. The second-order valence-corrected chi connectivity index (χ2v) is 5.32. The van der Waals surface area contributed by atoms with Crippen molar-refractivity contribution in [2.75, 3.05) is 0 Å². The van der Waals surface area contributed by atoms with E-state index in [1.165, 1.54) is 5.52 Å². The van der Waals surface area contributed by atoms with E-state index >= 15 is 0 Å². The molecule has 2 aromatic carbocycles. The number of fused-ring (bicyclic) bond motifs is 1. The number of benzene rings is 2. The molecule has 1 heterocycles. The molecule has 20 heavy (non-hydrogen) atoms. The van der Waals surface area contributed by atoms with Gasteiger partial charge in [-0.25, -0.2) is 8.96 Å². The highest BCUT2D eigenvalue weighted by molar-refractivity contribution is 5.75. The summed E-state index contributed by atoms with van der Waals surface area (Å²) < 4.78 is 17.9. The molecule has 0 aliphatic heterocycles. The van der Waals surface area contributed by atoms with Crippen LogP contribution in [0.5, 0.6) is 0 Å². The van der Waals surface area contributed by atoms with Gasteiger partial charge < -0.3 is 0 Å². The first-order valence-electron chi connectivity index (χ1n) is 6.74. The topological polar surface area (TPSA) is 8.81 Å². The molecule has 102 valence electrons. The molecular weight excluding hydrogens is 251 g/mol. The van der Waals surface area contributed by atoms with Crippen LogP contribution in [0.25, 0.3) is 16.7 Å².